The highest BCUT2D eigenvalue weighted by Crippen LogP contribution is 2.46. The third-order valence-electron chi connectivity index (χ3n) is 8.31. The van der Waals surface area contributed by atoms with Crippen molar-refractivity contribution in [2.24, 2.45) is 17.6 Å². The molecule has 2 aliphatic rings. The number of primary amides is 1. The standard InChI is InChI=1S/C33H36N4O6/c1-17(38)26-19(13-20-15-24(39)28(33(34)42)31(41)29(20)37(4)5)14-21-23(36(2)3)16-22-32(27(21)30(26)40)43-25(35-22)12-11-18-9-7-6-8-10-18/h6-12,16,19-20,29,40-41H,13-15H2,1-5H3,(H2,34,42)/b12-11+/t19?,20?,29-/m0/s1. The molecule has 2 aromatic carbocycles. The van der Waals surface area contributed by atoms with E-state index in [1.54, 1.807) is 25.1 Å². The minimum atomic E-state index is -0.967. The number of amides is 1. The number of aliphatic hydroxyl groups excluding tert-OH is 2. The Hall–Kier alpha value is -4.70. The lowest BCUT2D eigenvalue weighted by molar-refractivity contribution is -0.123. The molecule has 1 aromatic heterocycles. The topological polar surface area (TPSA) is 150 Å². The van der Waals surface area contributed by atoms with Crippen molar-refractivity contribution in [3.8, 4) is 0 Å². The molecule has 0 saturated carbocycles. The van der Waals surface area contributed by atoms with Crippen molar-refractivity contribution in [1.82, 2.24) is 9.88 Å². The molecule has 0 fully saturated rings. The summed E-state index contributed by atoms with van der Waals surface area (Å²) in [5.74, 6) is -2.89. The van der Waals surface area contributed by atoms with Crippen LogP contribution in [0.15, 0.2) is 57.7 Å². The van der Waals surface area contributed by atoms with Gasteiger partial charge >= 0.3 is 0 Å². The van der Waals surface area contributed by atoms with Gasteiger partial charge in [0, 0.05) is 37.9 Å². The van der Waals surface area contributed by atoms with E-state index in [9.17, 15) is 24.6 Å². The maximum Gasteiger partial charge on any atom is 0.255 e. The Kier molecular flexibility index (Phi) is 7.98. The number of anilines is 1. The number of hydrogen-bond donors (Lipinski definition) is 3. The Morgan fingerprint density at radius 3 is 2.40 bits per heavy atom. The van der Waals surface area contributed by atoms with Crippen LogP contribution in [0, 0.1) is 11.8 Å². The molecule has 3 aromatic rings. The summed E-state index contributed by atoms with van der Waals surface area (Å²) in [4.78, 5) is 46.2. The second kappa shape index (κ2) is 11.5. The van der Waals surface area contributed by atoms with E-state index in [4.69, 9.17) is 10.2 Å². The first-order chi connectivity index (χ1) is 20.4. The van der Waals surface area contributed by atoms with Crippen LogP contribution in [-0.2, 0) is 20.8 Å². The molecule has 5 rings (SSSR count). The summed E-state index contributed by atoms with van der Waals surface area (Å²) in [6, 6.07) is 11.0. The summed E-state index contributed by atoms with van der Waals surface area (Å²) in [5, 5.41) is 22.7. The van der Waals surface area contributed by atoms with Crippen molar-refractivity contribution in [3.63, 3.8) is 0 Å². The van der Waals surface area contributed by atoms with E-state index in [2.05, 4.69) is 4.98 Å². The number of nitrogens with zero attached hydrogens (tertiary/aromatic N) is 3. The van der Waals surface area contributed by atoms with E-state index in [-0.39, 0.29) is 34.9 Å². The number of aliphatic hydroxyl groups is 2. The predicted octanol–water partition coefficient (Wildman–Crippen LogP) is 4.30. The van der Waals surface area contributed by atoms with Crippen LogP contribution in [0.25, 0.3) is 29.0 Å². The van der Waals surface area contributed by atoms with E-state index >= 15 is 0 Å². The number of carbonyl (C=O) groups is 3. The summed E-state index contributed by atoms with van der Waals surface area (Å²) in [5.41, 5.74) is 9.20. The second-order valence-electron chi connectivity index (χ2n) is 11.7. The number of nitrogens with two attached hydrogens (primary N) is 1. The number of ketones is 2. The number of hydrogen-bond acceptors (Lipinski definition) is 9. The number of oxazole rings is 1. The summed E-state index contributed by atoms with van der Waals surface area (Å²) in [6.45, 7) is 1.41. The van der Waals surface area contributed by atoms with Crippen molar-refractivity contribution >= 4 is 52.2 Å². The molecule has 43 heavy (non-hydrogen) atoms. The van der Waals surface area contributed by atoms with E-state index in [1.165, 1.54) is 6.92 Å². The van der Waals surface area contributed by atoms with Gasteiger partial charge in [-0.3, -0.25) is 19.3 Å². The average molecular weight is 585 g/mol. The van der Waals surface area contributed by atoms with Gasteiger partial charge in [-0.25, -0.2) is 4.98 Å². The van der Waals surface area contributed by atoms with Gasteiger partial charge in [0.1, 0.15) is 22.6 Å². The molecule has 0 aliphatic heterocycles. The van der Waals surface area contributed by atoms with Crippen LogP contribution in [0.1, 0.15) is 42.3 Å². The quantitative estimate of drug-likeness (QED) is 0.329. The number of aromatic nitrogens is 1. The van der Waals surface area contributed by atoms with Gasteiger partial charge in [-0.2, -0.15) is 0 Å². The third kappa shape index (κ3) is 5.46. The van der Waals surface area contributed by atoms with Gasteiger partial charge in [0.2, 0.25) is 5.89 Å². The molecule has 1 amide bonds. The fourth-order valence-electron chi connectivity index (χ4n) is 6.57. The maximum absolute atomic E-state index is 13.1. The van der Waals surface area contributed by atoms with Gasteiger partial charge in [-0.15, -0.1) is 0 Å². The highest BCUT2D eigenvalue weighted by Gasteiger charge is 2.43. The first-order valence-corrected chi connectivity index (χ1v) is 14.1. The monoisotopic (exact) mass is 584 g/mol. The number of rotatable bonds is 8. The fraction of sp³-hybridized carbons (Fsp3) is 0.333. The van der Waals surface area contributed by atoms with E-state index in [0.717, 1.165) is 16.8 Å². The lowest BCUT2D eigenvalue weighted by Gasteiger charge is -2.38. The zero-order chi connectivity index (χ0) is 31.2. The number of likely N-dealkylation sites (N-methyl/N-ethyl adjacent to an activating group) is 1. The predicted molar refractivity (Wildman–Crippen MR) is 165 cm³/mol. The van der Waals surface area contributed by atoms with Gasteiger partial charge < -0.3 is 25.3 Å². The molecule has 3 atom stereocenters. The van der Waals surface area contributed by atoms with Crippen LogP contribution in [-0.4, -0.2) is 71.8 Å². The molecule has 1 heterocycles. The Morgan fingerprint density at radius 2 is 1.79 bits per heavy atom. The molecule has 10 nitrogen and oxygen atoms in total. The molecule has 0 spiro atoms. The van der Waals surface area contributed by atoms with Gasteiger partial charge in [-0.1, -0.05) is 30.3 Å². The van der Waals surface area contributed by atoms with Crippen LogP contribution in [0.4, 0.5) is 5.69 Å². The van der Waals surface area contributed by atoms with Crippen LogP contribution >= 0.6 is 0 Å². The van der Waals surface area contributed by atoms with Gasteiger partial charge in [0.15, 0.2) is 17.1 Å². The summed E-state index contributed by atoms with van der Waals surface area (Å²) < 4.78 is 6.16. The van der Waals surface area contributed by atoms with Crippen LogP contribution < -0.4 is 10.6 Å². The van der Waals surface area contributed by atoms with Crippen LogP contribution in [0.5, 0.6) is 0 Å². The van der Waals surface area contributed by atoms with Gasteiger partial charge in [0.05, 0.1) is 11.6 Å². The van der Waals surface area contributed by atoms with E-state index < -0.39 is 29.6 Å². The first-order valence-electron chi connectivity index (χ1n) is 14.1. The Balaban J connectivity index is 1.60. The molecule has 10 heteroatoms. The Labute approximate surface area is 249 Å². The normalized spacial score (nSPS) is 20.8. The molecule has 224 valence electrons. The number of fused-ring (bicyclic) bond motifs is 3. The van der Waals surface area contributed by atoms with Crippen molar-refractivity contribution in [3.05, 3.63) is 75.9 Å². The molecule has 0 radical (unpaired) electrons. The van der Waals surface area contributed by atoms with E-state index in [1.807, 2.05) is 61.5 Å². The van der Waals surface area contributed by atoms with Crippen LogP contribution in [0.2, 0.25) is 0 Å². The molecule has 0 bridgehead atoms. The van der Waals surface area contributed by atoms with E-state index in [0.29, 0.717) is 35.4 Å². The second-order valence-corrected chi connectivity index (χ2v) is 11.7. The van der Waals surface area contributed by atoms with Gasteiger partial charge in [-0.05, 0) is 69.0 Å². The Morgan fingerprint density at radius 1 is 1.09 bits per heavy atom. The zero-order valence-corrected chi connectivity index (χ0v) is 24.9. The summed E-state index contributed by atoms with van der Waals surface area (Å²) in [7, 11) is 7.27. The molecular formula is C33H36N4O6. The SMILES string of the molecule is CC(=O)C1=C(O)c2c(c(N(C)C)cc3nc(/C=C/c4ccccc4)oc23)CC1CC1CC(=O)C(C(N)=O)=C(O)[C@H]1N(C)C. The lowest BCUT2D eigenvalue weighted by Crippen LogP contribution is -2.45. The third-order valence-corrected chi connectivity index (χ3v) is 8.31. The number of benzene rings is 2. The van der Waals surface area contributed by atoms with Crippen molar-refractivity contribution in [1.29, 1.82) is 0 Å². The molecule has 2 aliphatic carbocycles. The fourth-order valence-corrected chi connectivity index (χ4v) is 6.57. The summed E-state index contributed by atoms with van der Waals surface area (Å²) in [6.07, 6.45) is 4.30. The smallest absolute Gasteiger partial charge is 0.255 e. The number of carbonyl (C=O) groups excluding carboxylic acids is 3. The average Bonchev–Trinajstić information content (AvgIpc) is 3.33. The highest BCUT2D eigenvalue weighted by atomic mass is 16.3. The largest absolute Gasteiger partial charge is 0.510 e. The molecule has 4 N–H and O–H groups in total. The highest BCUT2D eigenvalue weighted by molar-refractivity contribution is 6.20. The first kappa shape index (κ1) is 29.8. The van der Waals surface area contributed by atoms with Gasteiger partial charge in [0.25, 0.3) is 5.91 Å². The minimum Gasteiger partial charge on any atom is -0.510 e. The number of allylic oxidation sites excluding steroid dienone is 1. The maximum atomic E-state index is 13.1. The molecule has 0 saturated heterocycles. The summed E-state index contributed by atoms with van der Waals surface area (Å²) >= 11 is 0. The Bertz CT molecular complexity index is 1710. The molecule has 2 unspecified atom stereocenters. The zero-order valence-electron chi connectivity index (χ0n) is 24.9. The number of Topliss-reactive ketones (excluding diaryl/α,β-unsaturated/α-hetero) is 2. The lowest BCUT2D eigenvalue weighted by atomic mass is 9.71. The molecular weight excluding hydrogens is 548 g/mol. The van der Waals surface area contributed by atoms with Crippen LogP contribution in [0.3, 0.4) is 0 Å². The van der Waals surface area contributed by atoms with Crippen molar-refractivity contribution in [2.75, 3.05) is 33.1 Å². The van der Waals surface area contributed by atoms with Crippen molar-refractivity contribution in [2.45, 2.75) is 32.2 Å². The minimum absolute atomic E-state index is 0.0285. The van der Waals surface area contributed by atoms with Crippen molar-refractivity contribution < 1.29 is 29.0 Å².